The van der Waals surface area contributed by atoms with E-state index in [0.29, 0.717) is 41.6 Å². The van der Waals surface area contributed by atoms with Crippen LogP contribution >= 0.6 is 0 Å². The molecule has 3 heterocycles. The van der Waals surface area contributed by atoms with E-state index in [2.05, 4.69) is 13.5 Å². The van der Waals surface area contributed by atoms with Gasteiger partial charge in [-0.1, -0.05) is 31.7 Å². The minimum atomic E-state index is -0.490. The molecule has 0 aliphatic carbocycles. The lowest BCUT2D eigenvalue weighted by atomic mass is 9.80. The van der Waals surface area contributed by atoms with Crippen LogP contribution in [0.1, 0.15) is 54.2 Å². The summed E-state index contributed by atoms with van der Waals surface area (Å²) in [7, 11) is 1.58. The van der Waals surface area contributed by atoms with E-state index in [1.807, 2.05) is 53.2 Å². The summed E-state index contributed by atoms with van der Waals surface area (Å²) in [6.45, 7) is 7.03. The molecule has 3 aromatic rings. The molecule has 2 atom stereocenters. The predicted molar refractivity (Wildman–Crippen MR) is 141 cm³/mol. The van der Waals surface area contributed by atoms with Crippen molar-refractivity contribution in [3.63, 3.8) is 0 Å². The number of carbonyl (C=O) groups excluding carboxylic acids is 2. The van der Waals surface area contributed by atoms with Crippen molar-refractivity contribution < 1.29 is 19.1 Å². The number of ether oxygens (including phenoxy) is 2. The first-order valence-corrected chi connectivity index (χ1v) is 12.7. The van der Waals surface area contributed by atoms with Gasteiger partial charge in [0.2, 0.25) is 5.91 Å². The van der Waals surface area contributed by atoms with Crippen molar-refractivity contribution in [2.24, 2.45) is 11.7 Å². The molecule has 0 saturated carbocycles. The van der Waals surface area contributed by atoms with Gasteiger partial charge in [0.1, 0.15) is 11.4 Å². The molecule has 2 aliphatic rings. The van der Waals surface area contributed by atoms with Crippen LogP contribution in [0.3, 0.4) is 0 Å². The maximum Gasteiger partial charge on any atom is 0.252 e. The summed E-state index contributed by atoms with van der Waals surface area (Å²) in [4.78, 5) is 26.6. The SMILES string of the molecule is C=CC(=O)N1CC(C2CCC(CC)c3c(C(N)=O)c(-c4ccc(Oc5ccccc5)c(OC)c4)nn32)C1. The third-order valence-electron chi connectivity index (χ3n) is 7.55. The van der Waals surface area contributed by atoms with Crippen LogP contribution in [0.15, 0.2) is 61.2 Å². The molecule has 37 heavy (non-hydrogen) atoms. The highest BCUT2D eigenvalue weighted by molar-refractivity contribution is 6.00. The van der Waals surface area contributed by atoms with E-state index in [1.54, 1.807) is 12.0 Å². The summed E-state index contributed by atoms with van der Waals surface area (Å²) in [5, 5.41) is 5.00. The third-order valence-corrected chi connectivity index (χ3v) is 7.55. The zero-order valence-corrected chi connectivity index (χ0v) is 21.2. The maximum absolute atomic E-state index is 12.8. The first-order chi connectivity index (χ1) is 17.9. The van der Waals surface area contributed by atoms with E-state index in [0.717, 1.165) is 30.5 Å². The molecule has 8 nitrogen and oxygen atoms in total. The Morgan fingerprint density at radius 2 is 1.89 bits per heavy atom. The van der Waals surface area contributed by atoms with Crippen molar-refractivity contribution in [2.75, 3.05) is 20.2 Å². The van der Waals surface area contributed by atoms with Gasteiger partial charge < -0.3 is 20.1 Å². The Balaban J connectivity index is 1.54. The molecule has 2 amide bonds. The maximum atomic E-state index is 12.8. The second-order valence-electron chi connectivity index (χ2n) is 9.66. The number of hydrogen-bond donors (Lipinski definition) is 1. The first kappa shape index (κ1) is 24.6. The number of para-hydroxylation sites is 1. The molecule has 192 valence electrons. The first-order valence-electron chi connectivity index (χ1n) is 12.7. The van der Waals surface area contributed by atoms with Crippen LogP contribution in [0.25, 0.3) is 11.3 Å². The summed E-state index contributed by atoms with van der Waals surface area (Å²) in [5.41, 5.74) is 8.63. The average Bonchev–Trinajstić information content (AvgIpc) is 3.30. The minimum absolute atomic E-state index is 0.0531. The van der Waals surface area contributed by atoms with Crippen LogP contribution in [0.4, 0.5) is 0 Å². The lowest BCUT2D eigenvalue weighted by Gasteiger charge is -2.45. The van der Waals surface area contributed by atoms with Gasteiger partial charge in [-0.25, -0.2) is 0 Å². The van der Waals surface area contributed by atoms with Gasteiger partial charge in [0.25, 0.3) is 5.91 Å². The van der Waals surface area contributed by atoms with Crippen molar-refractivity contribution in [1.82, 2.24) is 14.7 Å². The van der Waals surface area contributed by atoms with E-state index >= 15 is 0 Å². The summed E-state index contributed by atoms with van der Waals surface area (Å²) in [6.07, 6.45) is 4.13. The average molecular weight is 501 g/mol. The topological polar surface area (TPSA) is 99.7 Å². The van der Waals surface area contributed by atoms with Crippen molar-refractivity contribution in [3.05, 3.63) is 72.4 Å². The van der Waals surface area contributed by atoms with Gasteiger partial charge in [0, 0.05) is 30.5 Å². The van der Waals surface area contributed by atoms with Gasteiger partial charge in [0.15, 0.2) is 11.5 Å². The molecule has 1 fully saturated rings. The predicted octanol–water partition coefficient (Wildman–Crippen LogP) is 4.92. The highest BCUT2D eigenvalue weighted by Gasteiger charge is 2.42. The van der Waals surface area contributed by atoms with Gasteiger partial charge >= 0.3 is 0 Å². The van der Waals surface area contributed by atoms with Crippen molar-refractivity contribution >= 4 is 11.8 Å². The summed E-state index contributed by atoms with van der Waals surface area (Å²) >= 11 is 0. The van der Waals surface area contributed by atoms with Gasteiger partial charge in [-0.05, 0) is 55.7 Å². The van der Waals surface area contributed by atoms with Crippen molar-refractivity contribution in [1.29, 1.82) is 0 Å². The van der Waals surface area contributed by atoms with Crippen LogP contribution in [0, 0.1) is 5.92 Å². The largest absolute Gasteiger partial charge is 0.493 e. The molecule has 0 radical (unpaired) electrons. The molecule has 2 aromatic carbocycles. The normalized spacial score (nSPS) is 19.0. The molecule has 5 rings (SSSR count). The number of fused-ring (bicyclic) bond motifs is 1. The molecular weight excluding hydrogens is 468 g/mol. The van der Waals surface area contributed by atoms with E-state index in [4.69, 9.17) is 20.3 Å². The molecule has 0 spiro atoms. The van der Waals surface area contributed by atoms with Gasteiger partial charge in [-0.2, -0.15) is 5.10 Å². The Kier molecular flexibility index (Phi) is 6.74. The zero-order chi connectivity index (χ0) is 26.1. The second kappa shape index (κ2) is 10.1. The molecule has 2 N–H and O–H groups in total. The Bertz CT molecular complexity index is 1330. The molecule has 1 saturated heterocycles. The van der Waals surface area contributed by atoms with Gasteiger partial charge in [0.05, 0.1) is 24.4 Å². The van der Waals surface area contributed by atoms with E-state index in [-0.39, 0.29) is 23.8 Å². The number of likely N-dealkylation sites (tertiary alicyclic amines) is 1. The number of hydrogen-bond acceptors (Lipinski definition) is 5. The van der Waals surface area contributed by atoms with Gasteiger partial charge in [-0.3, -0.25) is 14.3 Å². The lowest BCUT2D eigenvalue weighted by molar-refractivity contribution is -0.133. The molecule has 2 unspecified atom stereocenters. The fourth-order valence-electron chi connectivity index (χ4n) is 5.58. The van der Waals surface area contributed by atoms with Crippen LogP contribution < -0.4 is 15.2 Å². The number of benzene rings is 2. The summed E-state index contributed by atoms with van der Waals surface area (Å²) in [5.74, 6) is 1.70. The highest BCUT2D eigenvalue weighted by atomic mass is 16.5. The Morgan fingerprint density at radius 3 is 2.54 bits per heavy atom. The number of nitrogens with two attached hydrogens (primary N) is 1. The molecule has 0 bridgehead atoms. The smallest absolute Gasteiger partial charge is 0.252 e. The Morgan fingerprint density at radius 1 is 1.14 bits per heavy atom. The quantitative estimate of drug-likeness (QED) is 0.443. The minimum Gasteiger partial charge on any atom is -0.493 e. The fourth-order valence-corrected chi connectivity index (χ4v) is 5.58. The number of amides is 2. The second-order valence-corrected chi connectivity index (χ2v) is 9.66. The number of methoxy groups -OCH3 is 1. The molecule has 8 heteroatoms. The van der Waals surface area contributed by atoms with E-state index in [1.165, 1.54) is 6.08 Å². The fraction of sp³-hybridized carbons (Fsp3) is 0.345. The van der Waals surface area contributed by atoms with E-state index < -0.39 is 5.91 Å². The molecular formula is C29H32N4O4. The zero-order valence-electron chi connectivity index (χ0n) is 21.2. The van der Waals surface area contributed by atoms with Crippen LogP contribution in [0.2, 0.25) is 0 Å². The van der Waals surface area contributed by atoms with Crippen molar-refractivity contribution in [2.45, 2.75) is 38.1 Å². The number of nitrogens with zero attached hydrogens (tertiary/aromatic N) is 3. The third kappa shape index (κ3) is 4.48. The number of aromatic nitrogens is 2. The van der Waals surface area contributed by atoms with Gasteiger partial charge in [-0.15, -0.1) is 0 Å². The molecule has 1 aromatic heterocycles. The lowest BCUT2D eigenvalue weighted by Crippen LogP contribution is -2.53. The highest BCUT2D eigenvalue weighted by Crippen LogP contribution is 2.45. The molecule has 2 aliphatic heterocycles. The van der Waals surface area contributed by atoms with E-state index in [9.17, 15) is 9.59 Å². The standard InChI is InChI=1S/C29H32N4O4/c1-4-18-11-13-22(20-16-32(17-20)25(34)5-2)33-28(18)26(29(30)35)27(31-33)19-12-14-23(24(15-19)36-3)37-21-9-7-6-8-10-21/h5-10,12,14-15,18,20,22H,2,4,11,13,16-17H2,1,3H3,(H2,30,35). The van der Waals surface area contributed by atoms with Crippen LogP contribution in [-0.2, 0) is 4.79 Å². The Hall–Kier alpha value is -4.07. The number of primary amides is 1. The monoisotopic (exact) mass is 500 g/mol. The number of carbonyl (C=O) groups is 2. The summed E-state index contributed by atoms with van der Waals surface area (Å²) < 4.78 is 13.7. The Labute approximate surface area is 216 Å². The van der Waals surface area contributed by atoms with Crippen LogP contribution in [-0.4, -0.2) is 46.7 Å². The number of rotatable bonds is 8. The van der Waals surface area contributed by atoms with Crippen molar-refractivity contribution in [3.8, 4) is 28.5 Å². The van der Waals surface area contributed by atoms with Crippen LogP contribution in [0.5, 0.6) is 17.2 Å². The summed E-state index contributed by atoms with van der Waals surface area (Å²) in [6, 6.07) is 15.1.